The van der Waals surface area contributed by atoms with E-state index in [0.29, 0.717) is 5.54 Å². The Morgan fingerprint density at radius 3 is 2.67 bits per heavy atom. The molecule has 1 atom stereocenters. The summed E-state index contributed by atoms with van der Waals surface area (Å²) >= 11 is 0. The lowest BCUT2D eigenvalue weighted by molar-refractivity contribution is 0.0589. The first kappa shape index (κ1) is 11.4. The van der Waals surface area contributed by atoms with Crippen LogP contribution in [0.4, 0.5) is 0 Å². The van der Waals surface area contributed by atoms with Gasteiger partial charge >= 0.3 is 0 Å². The molecule has 0 radical (unpaired) electrons. The Morgan fingerprint density at radius 2 is 2.20 bits per heavy atom. The minimum absolute atomic E-state index is 0.458. The van der Waals surface area contributed by atoms with Crippen LogP contribution in [0.25, 0.3) is 0 Å². The minimum atomic E-state index is 0.458. The standard InChI is InChI=1S/C12H24N2O/c1-14(2)12(5-3-6-12)10-13-8-11-4-7-15-9-11/h11,13H,3-10H2,1-2H3. The molecule has 0 aromatic carbocycles. The molecule has 1 heterocycles. The molecule has 0 spiro atoms. The van der Waals surface area contributed by atoms with E-state index in [9.17, 15) is 0 Å². The highest BCUT2D eigenvalue weighted by molar-refractivity contribution is 4.97. The van der Waals surface area contributed by atoms with Crippen molar-refractivity contribution >= 4 is 0 Å². The predicted octanol–water partition coefficient (Wildman–Crippen LogP) is 1.10. The van der Waals surface area contributed by atoms with Crippen LogP contribution in [-0.4, -0.2) is 50.8 Å². The van der Waals surface area contributed by atoms with Crippen LogP contribution in [0.5, 0.6) is 0 Å². The van der Waals surface area contributed by atoms with Crippen molar-refractivity contribution in [2.75, 3.05) is 40.4 Å². The van der Waals surface area contributed by atoms with Crippen LogP contribution in [0.3, 0.4) is 0 Å². The summed E-state index contributed by atoms with van der Waals surface area (Å²) in [4.78, 5) is 2.40. The quantitative estimate of drug-likeness (QED) is 0.738. The number of hydrogen-bond acceptors (Lipinski definition) is 3. The van der Waals surface area contributed by atoms with Crippen molar-refractivity contribution in [2.45, 2.75) is 31.2 Å². The summed E-state index contributed by atoms with van der Waals surface area (Å²) in [6, 6.07) is 0. The fourth-order valence-corrected chi connectivity index (χ4v) is 2.62. The Bertz CT molecular complexity index is 196. The molecule has 88 valence electrons. The van der Waals surface area contributed by atoms with Crippen LogP contribution in [-0.2, 0) is 4.74 Å². The van der Waals surface area contributed by atoms with Gasteiger partial charge in [-0.3, -0.25) is 0 Å². The van der Waals surface area contributed by atoms with Crippen molar-refractivity contribution in [3.8, 4) is 0 Å². The summed E-state index contributed by atoms with van der Waals surface area (Å²) in [5.41, 5.74) is 0.458. The van der Waals surface area contributed by atoms with E-state index in [1.807, 2.05) is 0 Å². The van der Waals surface area contributed by atoms with Gasteiger partial charge < -0.3 is 15.0 Å². The third-order valence-electron chi connectivity index (χ3n) is 4.14. The van der Waals surface area contributed by atoms with Gasteiger partial charge in [0, 0.05) is 25.2 Å². The third kappa shape index (κ3) is 2.52. The highest BCUT2D eigenvalue weighted by atomic mass is 16.5. The molecule has 2 fully saturated rings. The van der Waals surface area contributed by atoms with Crippen LogP contribution < -0.4 is 5.32 Å². The van der Waals surface area contributed by atoms with Gasteiger partial charge in [-0.15, -0.1) is 0 Å². The first-order chi connectivity index (χ1) is 7.23. The first-order valence-electron chi connectivity index (χ1n) is 6.19. The van der Waals surface area contributed by atoms with Gasteiger partial charge in [0.15, 0.2) is 0 Å². The van der Waals surface area contributed by atoms with Gasteiger partial charge in [-0.1, -0.05) is 0 Å². The number of ether oxygens (including phenoxy) is 1. The molecule has 1 saturated heterocycles. The smallest absolute Gasteiger partial charge is 0.0507 e. The summed E-state index contributed by atoms with van der Waals surface area (Å²) < 4.78 is 5.38. The van der Waals surface area contributed by atoms with Crippen molar-refractivity contribution in [2.24, 2.45) is 5.92 Å². The maximum absolute atomic E-state index is 5.38. The molecule has 1 N–H and O–H groups in total. The molecular weight excluding hydrogens is 188 g/mol. The van der Waals surface area contributed by atoms with E-state index in [0.717, 1.165) is 32.2 Å². The number of rotatable bonds is 5. The molecule has 1 saturated carbocycles. The topological polar surface area (TPSA) is 24.5 Å². The summed E-state index contributed by atoms with van der Waals surface area (Å²) in [6.45, 7) is 4.21. The maximum atomic E-state index is 5.38. The van der Waals surface area contributed by atoms with Gasteiger partial charge in [-0.05, 0) is 45.7 Å². The average Bonchev–Trinajstić information content (AvgIpc) is 2.61. The molecule has 0 amide bonds. The second kappa shape index (κ2) is 4.81. The lowest BCUT2D eigenvalue weighted by Gasteiger charge is -2.47. The lowest BCUT2D eigenvalue weighted by Crippen LogP contribution is -2.56. The molecular formula is C12H24N2O. The van der Waals surface area contributed by atoms with Gasteiger partial charge in [-0.2, -0.15) is 0 Å². The number of nitrogens with one attached hydrogen (secondary N) is 1. The molecule has 15 heavy (non-hydrogen) atoms. The van der Waals surface area contributed by atoms with Crippen molar-refractivity contribution in [1.82, 2.24) is 10.2 Å². The number of hydrogen-bond donors (Lipinski definition) is 1. The van der Waals surface area contributed by atoms with E-state index in [1.165, 1.54) is 25.7 Å². The van der Waals surface area contributed by atoms with Gasteiger partial charge in [-0.25, -0.2) is 0 Å². The Balaban J connectivity index is 1.67. The highest BCUT2D eigenvalue weighted by Crippen LogP contribution is 2.35. The molecule has 1 aliphatic carbocycles. The van der Waals surface area contributed by atoms with Crippen molar-refractivity contribution in [1.29, 1.82) is 0 Å². The number of likely N-dealkylation sites (N-methyl/N-ethyl adjacent to an activating group) is 1. The Kier molecular flexibility index (Phi) is 3.65. The predicted molar refractivity (Wildman–Crippen MR) is 62.1 cm³/mol. The van der Waals surface area contributed by atoms with Gasteiger partial charge in [0.25, 0.3) is 0 Å². The SMILES string of the molecule is CN(C)C1(CNCC2CCOC2)CCC1. The van der Waals surface area contributed by atoms with Crippen molar-refractivity contribution in [3.63, 3.8) is 0 Å². The van der Waals surface area contributed by atoms with Gasteiger partial charge in [0.1, 0.15) is 0 Å². The van der Waals surface area contributed by atoms with Crippen LogP contribution in [0.2, 0.25) is 0 Å². The van der Waals surface area contributed by atoms with Crippen LogP contribution >= 0.6 is 0 Å². The van der Waals surface area contributed by atoms with E-state index in [2.05, 4.69) is 24.3 Å². The molecule has 0 bridgehead atoms. The van der Waals surface area contributed by atoms with E-state index >= 15 is 0 Å². The Hall–Kier alpha value is -0.120. The fourth-order valence-electron chi connectivity index (χ4n) is 2.62. The normalized spacial score (nSPS) is 29.4. The summed E-state index contributed by atoms with van der Waals surface area (Å²) in [7, 11) is 4.42. The molecule has 1 aliphatic heterocycles. The number of nitrogens with zero attached hydrogens (tertiary/aromatic N) is 1. The molecule has 0 aromatic rings. The summed E-state index contributed by atoms with van der Waals surface area (Å²) in [5, 5.41) is 3.63. The zero-order valence-electron chi connectivity index (χ0n) is 10.1. The summed E-state index contributed by atoms with van der Waals surface area (Å²) in [6.07, 6.45) is 5.34. The molecule has 1 unspecified atom stereocenters. The van der Waals surface area contributed by atoms with E-state index in [-0.39, 0.29) is 0 Å². The monoisotopic (exact) mass is 212 g/mol. The largest absolute Gasteiger partial charge is 0.381 e. The zero-order chi connectivity index (χ0) is 10.7. The summed E-state index contributed by atoms with van der Waals surface area (Å²) in [5.74, 6) is 0.754. The zero-order valence-corrected chi connectivity index (χ0v) is 10.1. The van der Waals surface area contributed by atoms with Crippen molar-refractivity contribution in [3.05, 3.63) is 0 Å². The Labute approximate surface area is 93.2 Å². The van der Waals surface area contributed by atoms with E-state index in [4.69, 9.17) is 4.74 Å². The second-order valence-corrected chi connectivity index (χ2v) is 5.33. The Morgan fingerprint density at radius 1 is 1.40 bits per heavy atom. The first-order valence-corrected chi connectivity index (χ1v) is 6.19. The van der Waals surface area contributed by atoms with Crippen LogP contribution in [0.1, 0.15) is 25.7 Å². The van der Waals surface area contributed by atoms with Gasteiger partial charge in [0.05, 0.1) is 6.61 Å². The molecule has 2 aliphatic rings. The van der Waals surface area contributed by atoms with Crippen molar-refractivity contribution < 1.29 is 4.74 Å². The van der Waals surface area contributed by atoms with E-state index < -0.39 is 0 Å². The third-order valence-corrected chi connectivity index (χ3v) is 4.14. The average molecular weight is 212 g/mol. The van der Waals surface area contributed by atoms with Crippen LogP contribution in [0.15, 0.2) is 0 Å². The molecule has 3 nitrogen and oxygen atoms in total. The van der Waals surface area contributed by atoms with Gasteiger partial charge in [0.2, 0.25) is 0 Å². The lowest BCUT2D eigenvalue weighted by atomic mass is 9.75. The minimum Gasteiger partial charge on any atom is -0.381 e. The van der Waals surface area contributed by atoms with Crippen LogP contribution in [0, 0.1) is 5.92 Å². The molecule has 0 aromatic heterocycles. The maximum Gasteiger partial charge on any atom is 0.0507 e. The fraction of sp³-hybridized carbons (Fsp3) is 1.00. The second-order valence-electron chi connectivity index (χ2n) is 5.33. The van der Waals surface area contributed by atoms with E-state index in [1.54, 1.807) is 0 Å². The highest BCUT2D eigenvalue weighted by Gasteiger charge is 2.38. The molecule has 2 rings (SSSR count). The molecule has 3 heteroatoms.